The minimum absolute atomic E-state index is 0.0927. The van der Waals surface area contributed by atoms with Crippen molar-refractivity contribution in [1.29, 1.82) is 0 Å². The summed E-state index contributed by atoms with van der Waals surface area (Å²) in [5.41, 5.74) is 2.36. The zero-order valence-electron chi connectivity index (χ0n) is 13.0. The van der Waals surface area contributed by atoms with Crippen LogP contribution in [0.15, 0.2) is 24.3 Å². The van der Waals surface area contributed by atoms with E-state index in [1.807, 2.05) is 17.0 Å². The second kappa shape index (κ2) is 6.29. The van der Waals surface area contributed by atoms with E-state index in [2.05, 4.69) is 45.1 Å². The maximum atomic E-state index is 12.7. The number of anilines is 1. The van der Waals surface area contributed by atoms with Crippen molar-refractivity contribution in [2.75, 3.05) is 18.4 Å². The van der Waals surface area contributed by atoms with Gasteiger partial charge in [-0.3, -0.25) is 4.79 Å². The van der Waals surface area contributed by atoms with E-state index in [9.17, 15) is 4.79 Å². The van der Waals surface area contributed by atoms with Crippen molar-refractivity contribution in [3.8, 4) is 0 Å². The van der Waals surface area contributed by atoms with Crippen LogP contribution in [0.1, 0.15) is 33.3 Å². The third-order valence-corrected chi connectivity index (χ3v) is 3.55. The lowest BCUT2D eigenvalue weighted by atomic mass is 10.1. The molecule has 1 aromatic rings. The molecule has 1 amide bonds. The molecule has 0 aliphatic carbocycles. The highest BCUT2D eigenvalue weighted by Gasteiger charge is 2.30. The molecule has 20 heavy (non-hydrogen) atoms. The molecule has 0 unspecified atom stereocenters. The molecule has 0 fully saturated rings. The van der Waals surface area contributed by atoms with Gasteiger partial charge in [-0.1, -0.05) is 45.9 Å². The Hall–Kier alpha value is -1.51. The lowest BCUT2D eigenvalue weighted by Gasteiger charge is -2.29. The first-order valence-corrected chi connectivity index (χ1v) is 7.60. The number of benzene rings is 1. The summed E-state index contributed by atoms with van der Waals surface area (Å²) >= 11 is 0. The van der Waals surface area contributed by atoms with Gasteiger partial charge in [0.05, 0.1) is 0 Å². The average Bonchev–Trinajstić information content (AvgIpc) is 2.79. The van der Waals surface area contributed by atoms with Crippen molar-refractivity contribution in [3.05, 3.63) is 29.8 Å². The fraction of sp³-hybridized carbons (Fsp3) is 0.588. The summed E-state index contributed by atoms with van der Waals surface area (Å²) in [4.78, 5) is 14.8. The van der Waals surface area contributed by atoms with Crippen LogP contribution in [0.3, 0.4) is 0 Å². The van der Waals surface area contributed by atoms with E-state index in [1.165, 1.54) is 5.56 Å². The maximum absolute atomic E-state index is 12.7. The molecule has 3 heteroatoms. The maximum Gasteiger partial charge on any atom is 0.245 e. The normalized spacial score (nSPS) is 17.2. The smallest absolute Gasteiger partial charge is 0.245 e. The Morgan fingerprint density at radius 3 is 2.35 bits per heavy atom. The van der Waals surface area contributed by atoms with E-state index in [-0.39, 0.29) is 11.9 Å². The number of para-hydroxylation sites is 1. The number of hydrogen-bond donors (Lipinski definition) is 1. The molecule has 3 nitrogen and oxygen atoms in total. The Kier molecular flexibility index (Phi) is 4.69. The van der Waals surface area contributed by atoms with Crippen LogP contribution in [0.25, 0.3) is 0 Å². The van der Waals surface area contributed by atoms with Crippen LogP contribution in [-0.2, 0) is 11.2 Å². The van der Waals surface area contributed by atoms with Crippen molar-refractivity contribution in [2.45, 2.75) is 40.2 Å². The zero-order chi connectivity index (χ0) is 14.7. The Bertz CT molecular complexity index is 433. The molecule has 2 rings (SSSR count). The number of nitrogens with zero attached hydrogens (tertiary/aromatic N) is 1. The monoisotopic (exact) mass is 274 g/mol. The highest BCUT2D eigenvalue weighted by atomic mass is 16.2. The third-order valence-electron chi connectivity index (χ3n) is 3.55. The Morgan fingerprint density at radius 1 is 1.20 bits per heavy atom. The van der Waals surface area contributed by atoms with E-state index >= 15 is 0 Å². The van der Waals surface area contributed by atoms with Gasteiger partial charge in [-0.15, -0.1) is 0 Å². The van der Waals surface area contributed by atoms with Gasteiger partial charge in [0.1, 0.15) is 6.04 Å². The lowest BCUT2D eigenvalue weighted by molar-refractivity contribution is -0.133. The molecule has 110 valence electrons. The van der Waals surface area contributed by atoms with E-state index < -0.39 is 0 Å². The highest BCUT2D eigenvalue weighted by molar-refractivity contribution is 5.87. The van der Waals surface area contributed by atoms with Crippen molar-refractivity contribution in [1.82, 2.24) is 4.90 Å². The van der Waals surface area contributed by atoms with Crippen LogP contribution in [0.4, 0.5) is 5.69 Å². The zero-order valence-corrected chi connectivity index (χ0v) is 13.0. The predicted molar refractivity (Wildman–Crippen MR) is 83.8 cm³/mol. The summed E-state index contributed by atoms with van der Waals surface area (Å²) in [5, 5.41) is 3.37. The van der Waals surface area contributed by atoms with Gasteiger partial charge < -0.3 is 10.2 Å². The average molecular weight is 274 g/mol. The van der Waals surface area contributed by atoms with Crippen LogP contribution in [0, 0.1) is 11.8 Å². The van der Waals surface area contributed by atoms with Gasteiger partial charge in [0.2, 0.25) is 5.91 Å². The number of carbonyl (C=O) groups is 1. The molecule has 1 N–H and O–H groups in total. The van der Waals surface area contributed by atoms with Crippen molar-refractivity contribution >= 4 is 11.6 Å². The topological polar surface area (TPSA) is 32.3 Å². The van der Waals surface area contributed by atoms with Crippen molar-refractivity contribution in [2.24, 2.45) is 11.8 Å². The molecule has 1 aliphatic rings. The van der Waals surface area contributed by atoms with Gasteiger partial charge in [-0.25, -0.2) is 0 Å². The number of rotatable bonds is 5. The number of nitrogens with one attached hydrogen (secondary N) is 1. The Morgan fingerprint density at radius 2 is 1.80 bits per heavy atom. The summed E-state index contributed by atoms with van der Waals surface area (Å²) in [6.45, 7) is 10.3. The molecule has 1 aromatic carbocycles. The molecule has 0 radical (unpaired) electrons. The van der Waals surface area contributed by atoms with Gasteiger partial charge in [-0.05, 0) is 23.5 Å². The Balaban J connectivity index is 2.05. The van der Waals surface area contributed by atoms with Gasteiger partial charge >= 0.3 is 0 Å². The lowest BCUT2D eigenvalue weighted by Crippen LogP contribution is -2.45. The van der Waals surface area contributed by atoms with Crippen molar-refractivity contribution < 1.29 is 4.79 Å². The van der Waals surface area contributed by atoms with Gasteiger partial charge in [-0.2, -0.15) is 0 Å². The molecule has 0 aromatic heterocycles. The molecular formula is C17H26N2O. The number of carbonyl (C=O) groups excluding carboxylic acids is 1. The van der Waals surface area contributed by atoms with E-state index in [0.29, 0.717) is 11.8 Å². The quantitative estimate of drug-likeness (QED) is 0.894. The third kappa shape index (κ3) is 3.53. The highest BCUT2D eigenvalue weighted by Crippen LogP contribution is 2.26. The summed E-state index contributed by atoms with van der Waals surface area (Å²) < 4.78 is 0. The summed E-state index contributed by atoms with van der Waals surface area (Å²) in [5.74, 6) is 1.24. The van der Waals surface area contributed by atoms with Crippen LogP contribution in [-0.4, -0.2) is 29.9 Å². The summed E-state index contributed by atoms with van der Waals surface area (Å²) in [6.07, 6.45) is 0.807. The second-order valence-corrected chi connectivity index (χ2v) is 6.59. The molecule has 1 atom stereocenters. The standard InChI is InChI=1S/C17H26N2O/c1-12(2)10-19(11-13(3)4)17(20)16-9-14-7-5-6-8-15(14)18-16/h5-8,12-13,16,18H,9-11H2,1-4H3/t16-/m0/s1. The second-order valence-electron chi connectivity index (χ2n) is 6.59. The van der Waals surface area contributed by atoms with Gasteiger partial charge in [0.25, 0.3) is 0 Å². The molecular weight excluding hydrogens is 248 g/mol. The van der Waals surface area contributed by atoms with E-state index in [0.717, 1.165) is 25.2 Å². The summed E-state index contributed by atoms with van der Waals surface area (Å²) in [7, 11) is 0. The first kappa shape index (κ1) is 14.9. The molecule has 0 saturated carbocycles. The fourth-order valence-electron chi connectivity index (χ4n) is 2.80. The number of fused-ring (bicyclic) bond motifs is 1. The number of amides is 1. The SMILES string of the molecule is CC(C)CN(CC(C)C)C(=O)[C@@H]1Cc2ccccc2N1. The van der Waals surface area contributed by atoms with Crippen LogP contribution in [0.2, 0.25) is 0 Å². The summed E-state index contributed by atoms with van der Waals surface area (Å²) in [6, 6.07) is 8.11. The number of hydrogen-bond acceptors (Lipinski definition) is 2. The molecule has 0 bridgehead atoms. The van der Waals surface area contributed by atoms with Crippen LogP contribution < -0.4 is 5.32 Å². The molecule has 0 saturated heterocycles. The first-order chi connectivity index (χ1) is 9.47. The van der Waals surface area contributed by atoms with E-state index in [1.54, 1.807) is 0 Å². The van der Waals surface area contributed by atoms with Gasteiger partial charge in [0, 0.05) is 25.2 Å². The van der Waals surface area contributed by atoms with Crippen molar-refractivity contribution in [3.63, 3.8) is 0 Å². The van der Waals surface area contributed by atoms with Crippen LogP contribution in [0.5, 0.6) is 0 Å². The van der Waals surface area contributed by atoms with Crippen LogP contribution >= 0.6 is 0 Å². The largest absolute Gasteiger partial charge is 0.373 e. The Labute approximate surface area is 122 Å². The molecule has 0 spiro atoms. The minimum Gasteiger partial charge on any atom is -0.373 e. The minimum atomic E-state index is -0.0927. The predicted octanol–water partition coefficient (Wildman–Crippen LogP) is 3.16. The van der Waals surface area contributed by atoms with Gasteiger partial charge in [0.15, 0.2) is 0 Å². The molecule has 1 heterocycles. The van der Waals surface area contributed by atoms with E-state index in [4.69, 9.17) is 0 Å². The molecule has 1 aliphatic heterocycles. The first-order valence-electron chi connectivity index (χ1n) is 7.60. The fourth-order valence-corrected chi connectivity index (χ4v) is 2.80.